The molecule has 28 heavy (non-hydrogen) atoms. The average Bonchev–Trinajstić information content (AvgIpc) is 3.25. The van der Waals surface area contributed by atoms with Crippen LogP contribution in [-0.2, 0) is 16.1 Å². The molecule has 0 bridgehead atoms. The first kappa shape index (κ1) is 20.0. The summed E-state index contributed by atoms with van der Waals surface area (Å²) < 4.78 is 28.5. The highest BCUT2D eigenvalue weighted by Crippen LogP contribution is 2.32. The van der Waals surface area contributed by atoms with Gasteiger partial charge in [0.15, 0.2) is 0 Å². The second-order valence-electron chi connectivity index (χ2n) is 5.58. The number of halogens is 2. The summed E-state index contributed by atoms with van der Waals surface area (Å²) >= 11 is 2.23. The van der Waals surface area contributed by atoms with E-state index in [1.807, 2.05) is 17.5 Å². The van der Waals surface area contributed by atoms with Crippen LogP contribution in [0.2, 0.25) is 0 Å². The standard InChI is InChI=1S/C18H14F2N2O4S2/c19-17(20)26-12-5-3-11(4-6-12)9-21-15(23)10-22-16(24)14(28-18(22)25)8-13-2-1-7-27-13/h1-8,17H,9-10H2,(H,21,23)/b14-8-. The highest BCUT2D eigenvalue weighted by atomic mass is 32.2. The topological polar surface area (TPSA) is 75.7 Å². The summed E-state index contributed by atoms with van der Waals surface area (Å²) in [5.41, 5.74) is 0.654. The molecule has 0 saturated carbocycles. The van der Waals surface area contributed by atoms with E-state index >= 15 is 0 Å². The number of benzene rings is 1. The van der Waals surface area contributed by atoms with Crippen molar-refractivity contribution in [1.29, 1.82) is 0 Å². The summed E-state index contributed by atoms with van der Waals surface area (Å²) in [6, 6.07) is 9.44. The van der Waals surface area contributed by atoms with E-state index in [0.29, 0.717) is 5.56 Å². The van der Waals surface area contributed by atoms with E-state index in [1.54, 1.807) is 6.08 Å². The molecule has 3 amide bonds. The molecule has 0 spiro atoms. The Bertz CT molecular complexity index is 899. The third-order valence-electron chi connectivity index (χ3n) is 3.63. The second kappa shape index (κ2) is 8.98. The zero-order valence-electron chi connectivity index (χ0n) is 14.3. The summed E-state index contributed by atoms with van der Waals surface area (Å²) in [6.07, 6.45) is 1.62. The van der Waals surface area contributed by atoms with Gasteiger partial charge in [-0.25, -0.2) is 0 Å². The molecule has 3 rings (SSSR count). The molecule has 10 heteroatoms. The first-order valence-electron chi connectivity index (χ1n) is 8.01. The predicted molar refractivity (Wildman–Crippen MR) is 102 cm³/mol. The minimum atomic E-state index is -2.90. The van der Waals surface area contributed by atoms with Crippen molar-refractivity contribution in [3.63, 3.8) is 0 Å². The van der Waals surface area contributed by atoms with Crippen LogP contribution in [0.15, 0.2) is 46.7 Å². The number of alkyl halides is 2. The lowest BCUT2D eigenvalue weighted by molar-refractivity contribution is -0.129. The van der Waals surface area contributed by atoms with Crippen LogP contribution in [0.5, 0.6) is 5.75 Å². The lowest BCUT2D eigenvalue weighted by atomic mass is 10.2. The SMILES string of the molecule is O=C(CN1C(=O)S/C(=C\c2cccs2)C1=O)NCc1ccc(OC(F)F)cc1. The number of ether oxygens (including phenoxy) is 1. The van der Waals surface area contributed by atoms with E-state index in [-0.39, 0.29) is 23.7 Å². The molecule has 0 unspecified atom stereocenters. The minimum Gasteiger partial charge on any atom is -0.435 e. The molecule has 1 aromatic heterocycles. The summed E-state index contributed by atoms with van der Waals surface area (Å²) in [4.78, 5) is 38.5. The largest absolute Gasteiger partial charge is 0.435 e. The van der Waals surface area contributed by atoms with Gasteiger partial charge in [-0.1, -0.05) is 18.2 Å². The molecule has 2 aromatic rings. The summed E-state index contributed by atoms with van der Waals surface area (Å²) in [5.74, 6) is -1.000. The molecular formula is C18H14F2N2O4S2. The number of thiophene rings is 1. The molecule has 1 aliphatic rings. The maximum Gasteiger partial charge on any atom is 0.387 e. The molecule has 1 aliphatic heterocycles. The lowest BCUT2D eigenvalue weighted by Gasteiger charge is -2.12. The van der Waals surface area contributed by atoms with Gasteiger partial charge >= 0.3 is 6.61 Å². The van der Waals surface area contributed by atoms with Crippen molar-refractivity contribution in [2.45, 2.75) is 13.2 Å². The number of thioether (sulfide) groups is 1. The Morgan fingerprint density at radius 3 is 2.61 bits per heavy atom. The highest BCUT2D eigenvalue weighted by Gasteiger charge is 2.36. The van der Waals surface area contributed by atoms with Crippen LogP contribution in [0.25, 0.3) is 6.08 Å². The fraction of sp³-hybridized carbons (Fsp3) is 0.167. The van der Waals surface area contributed by atoms with Crippen molar-refractivity contribution in [1.82, 2.24) is 10.2 Å². The number of amides is 3. The van der Waals surface area contributed by atoms with Gasteiger partial charge in [0.2, 0.25) is 5.91 Å². The molecule has 146 valence electrons. The Morgan fingerprint density at radius 1 is 1.21 bits per heavy atom. The quantitative estimate of drug-likeness (QED) is 0.686. The lowest BCUT2D eigenvalue weighted by Crippen LogP contribution is -2.39. The average molecular weight is 424 g/mol. The number of hydrogen-bond acceptors (Lipinski definition) is 6. The fourth-order valence-corrected chi connectivity index (χ4v) is 3.89. The van der Waals surface area contributed by atoms with Gasteiger partial charge in [-0.15, -0.1) is 11.3 Å². The molecule has 1 aromatic carbocycles. The van der Waals surface area contributed by atoms with Crippen LogP contribution in [0.3, 0.4) is 0 Å². The van der Waals surface area contributed by atoms with Gasteiger partial charge in [0.1, 0.15) is 12.3 Å². The van der Waals surface area contributed by atoms with Gasteiger partial charge in [-0.2, -0.15) is 8.78 Å². The van der Waals surface area contributed by atoms with E-state index in [9.17, 15) is 23.2 Å². The maximum atomic E-state index is 12.3. The van der Waals surface area contributed by atoms with Crippen LogP contribution in [0.1, 0.15) is 10.4 Å². The third-order valence-corrected chi connectivity index (χ3v) is 5.36. The number of hydrogen-bond donors (Lipinski definition) is 1. The Balaban J connectivity index is 1.53. The van der Waals surface area contributed by atoms with Crippen LogP contribution in [-0.4, -0.2) is 35.1 Å². The van der Waals surface area contributed by atoms with Crippen LogP contribution in [0, 0.1) is 0 Å². The number of rotatable bonds is 7. The third kappa shape index (κ3) is 5.17. The predicted octanol–water partition coefficient (Wildman–Crippen LogP) is 3.70. The van der Waals surface area contributed by atoms with Crippen molar-refractivity contribution in [2.75, 3.05) is 6.54 Å². The minimum absolute atomic E-state index is 0.0143. The molecule has 2 heterocycles. The van der Waals surface area contributed by atoms with Gasteiger partial charge in [-0.05, 0) is 47.0 Å². The van der Waals surface area contributed by atoms with Crippen molar-refractivity contribution in [3.05, 3.63) is 57.1 Å². The first-order valence-corrected chi connectivity index (χ1v) is 9.71. The van der Waals surface area contributed by atoms with E-state index in [1.165, 1.54) is 35.6 Å². The summed E-state index contributed by atoms with van der Waals surface area (Å²) in [6.45, 7) is -3.17. The molecule has 6 nitrogen and oxygen atoms in total. The van der Waals surface area contributed by atoms with Gasteiger partial charge in [0.05, 0.1) is 4.91 Å². The Morgan fingerprint density at radius 2 is 1.96 bits per heavy atom. The second-order valence-corrected chi connectivity index (χ2v) is 7.55. The van der Waals surface area contributed by atoms with Gasteiger partial charge in [-0.3, -0.25) is 19.3 Å². The van der Waals surface area contributed by atoms with Gasteiger partial charge in [0, 0.05) is 11.4 Å². The fourth-order valence-electron chi connectivity index (χ4n) is 2.33. The molecule has 0 aliphatic carbocycles. The number of nitrogens with one attached hydrogen (secondary N) is 1. The molecular weight excluding hydrogens is 410 g/mol. The normalized spacial score (nSPS) is 15.5. The van der Waals surface area contributed by atoms with E-state index in [2.05, 4.69) is 10.1 Å². The molecule has 0 radical (unpaired) electrons. The van der Waals surface area contributed by atoms with Crippen LogP contribution in [0.4, 0.5) is 13.6 Å². The van der Waals surface area contributed by atoms with Crippen LogP contribution < -0.4 is 10.1 Å². The van der Waals surface area contributed by atoms with Crippen molar-refractivity contribution in [2.24, 2.45) is 0 Å². The van der Waals surface area contributed by atoms with Crippen molar-refractivity contribution >= 4 is 46.2 Å². The van der Waals surface area contributed by atoms with Crippen molar-refractivity contribution in [3.8, 4) is 5.75 Å². The first-order chi connectivity index (χ1) is 13.4. The smallest absolute Gasteiger partial charge is 0.387 e. The van der Waals surface area contributed by atoms with Gasteiger partial charge in [0.25, 0.3) is 11.1 Å². The van der Waals surface area contributed by atoms with Gasteiger partial charge < -0.3 is 10.1 Å². The van der Waals surface area contributed by atoms with E-state index in [0.717, 1.165) is 21.5 Å². The number of carbonyl (C=O) groups excluding carboxylic acids is 3. The summed E-state index contributed by atoms with van der Waals surface area (Å²) in [5, 5.41) is 3.94. The van der Waals surface area contributed by atoms with E-state index in [4.69, 9.17) is 0 Å². The molecule has 0 atom stereocenters. The number of carbonyl (C=O) groups is 3. The Hall–Kier alpha value is -2.72. The highest BCUT2D eigenvalue weighted by molar-refractivity contribution is 8.18. The Labute approximate surface area is 167 Å². The zero-order valence-corrected chi connectivity index (χ0v) is 15.9. The molecule has 1 saturated heterocycles. The maximum absolute atomic E-state index is 12.3. The Kier molecular flexibility index (Phi) is 6.42. The van der Waals surface area contributed by atoms with Crippen molar-refractivity contribution < 1.29 is 27.9 Å². The van der Waals surface area contributed by atoms with Crippen LogP contribution >= 0.6 is 23.1 Å². The number of nitrogens with zero attached hydrogens (tertiary/aromatic N) is 1. The zero-order chi connectivity index (χ0) is 20.1. The summed E-state index contributed by atoms with van der Waals surface area (Å²) in [7, 11) is 0. The molecule has 1 N–H and O–H groups in total. The monoisotopic (exact) mass is 424 g/mol. The molecule has 1 fully saturated rings. The number of imide groups is 1. The van der Waals surface area contributed by atoms with E-state index < -0.39 is 23.7 Å².